The molecule has 1 aliphatic heterocycles. The van der Waals surface area contributed by atoms with E-state index in [9.17, 15) is 14.7 Å². The van der Waals surface area contributed by atoms with Gasteiger partial charge >= 0.3 is 0 Å². The van der Waals surface area contributed by atoms with Crippen molar-refractivity contribution in [2.75, 3.05) is 6.54 Å². The molecule has 9 heteroatoms. The first-order chi connectivity index (χ1) is 10.4. The third-order valence-electron chi connectivity index (χ3n) is 4.71. The molecule has 1 saturated carbocycles. The highest BCUT2D eigenvalue weighted by molar-refractivity contribution is 5.93. The van der Waals surface area contributed by atoms with E-state index in [0.717, 1.165) is 11.3 Å². The molecule has 0 aromatic carbocycles. The van der Waals surface area contributed by atoms with Crippen molar-refractivity contribution in [2.24, 2.45) is 24.4 Å². The molecule has 1 aromatic heterocycles. The van der Waals surface area contributed by atoms with Crippen molar-refractivity contribution in [1.82, 2.24) is 14.7 Å². The number of fused-ring (bicyclic) bond motifs is 1. The van der Waals surface area contributed by atoms with Crippen molar-refractivity contribution in [3.8, 4) is 0 Å². The van der Waals surface area contributed by atoms with Crippen molar-refractivity contribution in [3.63, 3.8) is 0 Å². The van der Waals surface area contributed by atoms with Gasteiger partial charge in [-0.1, -0.05) is 0 Å². The monoisotopic (exact) mass is 343 g/mol. The number of nitrogens with zero attached hydrogens (tertiary/aromatic N) is 3. The van der Waals surface area contributed by atoms with Crippen LogP contribution in [0.3, 0.4) is 0 Å². The van der Waals surface area contributed by atoms with Crippen LogP contribution in [0.5, 0.6) is 0 Å². The van der Waals surface area contributed by atoms with Gasteiger partial charge in [-0.05, 0) is 12.8 Å². The molecule has 0 unspecified atom stereocenters. The van der Waals surface area contributed by atoms with E-state index in [1.165, 1.54) is 0 Å². The average Bonchev–Trinajstić information content (AvgIpc) is 2.99. The second-order valence-electron chi connectivity index (χ2n) is 6.17. The first-order valence-corrected chi connectivity index (χ1v) is 7.45. The van der Waals surface area contributed by atoms with Crippen LogP contribution in [0.1, 0.15) is 34.6 Å². The Labute approximate surface area is 140 Å². The van der Waals surface area contributed by atoms with Gasteiger partial charge in [-0.3, -0.25) is 14.3 Å². The molecule has 3 rings (SSSR count). The van der Waals surface area contributed by atoms with Gasteiger partial charge in [-0.15, -0.1) is 12.4 Å². The second-order valence-corrected chi connectivity index (χ2v) is 6.17. The summed E-state index contributed by atoms with van der Waals surface area (Å²) in [5.41, 5.74) is 13.1. The lowest BCUT2D eigenvalue weighted by Crippen LogP contribution is -2.40. The number of nitrogens with two attached hydrogens (primary N) is 2. The number of aryl methyl sites for hydroxylation is 1. The number of halogens is 1. The van der Waals surface area contributed by atoms with Crippen LogP contribution in [0.15, 0.2) is 0 Å². The SMILES string of the molecule is Cl.Cn1nc(C(N)=O)c2c1CCN(C(=O)[C@H]1C[C@@H](N)[C@H](O)C1)C2. The predicted molar refractivity (Wildman–Crippen MR) is 84.8 cm³/mol. The Balaban J connectivity index is 0.00000192. The molecule has 0 saturated heterocycles. The fourth-order valence-corrected chi connectivity index (χ4v) is 3.49. The molecule has 2 aliphatic rings. The molecule has 1 aromatic rings. The van der Waals surface area contributed by atoms with Crippen molar-refractivity contribution < 1.29 is 14.7 Å². The van der Waals surface area contributed by atoms with Gasteiger partial charge in [-0.2, -0.15) is 5.10 Å². The summed E-state index contributed by atoms with van der Waals surface area (Å²) in [7, 11) is 1.77. The fourth-order valence-electron chi connectivity index (χ4n) is 3.49. The van der Waals surface area contributed by atoms with Crippen LogP contribution in [-0.4, -0.2) is 50.3 Å². The van der Waals surface area contributed by atoms with Crippen LogP contribution in [0.2, 0.25) is 0 Å². The molecule has 0 spiro atoms. The normalized spacial score (nSPS) is 26.6. The number of hydrogen-bond acceptors (Lipinski definition) is 5. The van der Waals surface area contributed by atoms with Gasteiger partial charge in [0.05, 0.1) is 6.10 Å². The van der Waals surface area contributed by atoms with Gasteiger partial charge in [0.1, 0.15) is 0 Å². The summed E-state index contributed by atoms with van der Waals surface area (Å²) in [5.74, 6) is -0.846. The predicted octanol–water partition coefficient (Wildman–Crippen LogP) is -1.08. The summed E-state index contributed by atoms with van der Waals surface area (Å²) >= 11 is 0. The van der Waals surface area contributed by atoms with Crippen LogP contribution in [0.4, 0.5) is 0 Å². The summed E-state index contributed by atoms with van der Waals surface area (Å²) in [6.45, 7) is 0.910. The number of aromatic nitrogens is 2. The van der Waals surface area contributed by atoms with E-state index in [-0.39, 0.29) is 36.0 Å². The Morgan fingerprint density at radius 1 is 1.35 bits per heavy atom. The Bertz CT molecular complexity index is 622. The zero-order chi connectivity index (χ0) is 16.0. The number of carbonyl (C=O) groups excluding carboxylic acids is 2. The molecule has 23 heavy (non-hydrogen) atoms. The van der Waals surface area contributed by atoms with Gasteiger partial charge in [0, 0.05) is 49.8 Å². The summed E-state index contributed by atoms with van der Waals surface area (Å²) in [6.07, 6.45) is 0.922. The zero-order valence-electron chi connectivity index (χ0n) is 12.9. The summed E-state index contributed by atoms with van der Waals surface area (Å²) in [6, 6.07) is -0.339. The zero-order valence-corrected chi connectivity index (χ0v) is 13.8. The number of aliphatic hydroxyl groups is 1. The van der Waals surface area contributed by atoms with Crippen LogP contribution in [-0.2, 0) is 24.8 Å². The Morgan fingerprint density at radius 2 is 2.04 bits per heavy atom. The number of rotatable bonds is 2. The minimum absolute atomic E-state index is 0. The maximum Gasteiger partial charge on any atom is 0.269 e. The lowest BCUT2D eigenvalue weighted by molar-refractivity contribution is -0.136. The highest BCUT2D eigenvalue weighted by Crippen LogP contribution is 2.29. The largest absolute Gasteiger partial charge is 0.391 e. The smallest absolute Gasteiger partial charge is 0.269 e. The first-order valence-electron chi connectivity index (χ1n) is 7.45. The summed E-state index contributed by atoms with van der Waals surface area (Å²) in [5, 5.41) is 13.9. The molecule has 128 valence electrons. The van der Waals surface area contributed by atoms with E-state index in [2.05, 4.69) is 5.10 Å². The molecule has 2 amide bonds. The van der Waals surface area contributed by atoms with E-state index in [0.29, 0.717) is 32.4 Å². The van der Waals surface area contributed by atoms with E-state index >= 15 is 0 Å². The number of amides is 2. The second kappa shape index (κ2) is 6.46. The molecule has 1 aliphatic carbocycles. The van der Waals surface area contributed by atoms with E-state index in [1.807, 2.05) is 0 Å². The number of aliphatic hydroxyl groups excluding tert-OH is 1. The number of primary amides is 1. The molecule has 5 N–H and O–H groups in total. The van der Waals surface area contributed by atoms with E-state index in [1.54, 1.807) is 16.6 Å². The molecule has 8 nitrogen and oxygen atoms in total. The van der Waals surface area contributed by atoms with Crippen LogP contribution in [0.25, 0.3) is 0 Å². The van der Waals surface area contributed by atoms with Crippen LogP contribution >= 0.6 is 12.4 Å². The third kappa shape index (κ3) is 3.06. The first kappa shape index (κ1) is 17.7. The summed E-state index contributed by atoms with van der Waals surface area (Å²) < 4.78 is 1.66. The van der Waals surface area contributed by atoms with Gasteiger partial charge in [0.2, 0.25) is 5.91 Å². The van der Waals surface area contributed by atoms with Crippen LogP contribution < -0.4 is 11.5 Å². The standard InChI is InChI=1S/C14H21N5O3.ClH/c1-18-10-2-3-19(6-8(10)12(17-18)13(16)21)14(22)7-4-9(15)11(20)5-7;/h7,9,11,20H,2-6,15H2,1H3,(H2,16,21);1H/t7-,9+,11+;/m0./s1. The Morgan fingerprint density at radius 3 is 2.61 bits per heavy atom. The van der Waals surface area contributed by atoms with Crippen LogP contribution in [0, 0.1) is 5.92 Å². The minimum Gasteiger partial charge on any atom is -0.391 e. The lowest BCUT2D eigenvalue weighted by atomic mass is 10.0. The van der Waals surface area contributed by atoms with E-state index < -0.39 is 12.0 Å². The number of hydrogen-bond donors (Lipinski definition) is 3. The van der Waals surface area contributed by atoms with E-state index in [4.69, 9.17) is 11.5 Å². The minimum atomic E-state index is -0.617. The summed E-state index contributed by atoms with van der Waals surface area (Å²) in [4.78, 5) is 25.8. The average molecular weight is 344 g/mol. The van der Waals surface area contributed by atoms with Gasteiger partial charge < -0.3 is 21.5 Å². The Hall–Kier alpha value is -1.64. The quantitative estimate of drug-likeness (QED) is 0.629. The topological polar surface area (TPSA) is 127 Å². The molecule has 0 radical (unpaired) electrons. The number of carbonyl (C=O) groups is 2. The van der Waals surface area contributed by atoms with Crippen molar-refractivity contribution in [3.05, 3.63) is 17.0 Å². The molecular formula is C14H22ClN5O3. The molecule has 2 heterocycles. The third-order valence-corrected chi connectivity index (χ3v) is 4.71. The molecule has 3 atom stereocenters. The molecular weight excluding hydrogens is 322 g/mol. The maximum atomic E-state index is 12.6. The van der Waals surface area contributed by atoms with Gasteiger partial charge in [0.15, 0.2) is 5.69 Å². The van der Waals surface area contributed by atoms with Gasteiger partial charge in [-0.25, -0.2) is 0 Å². The molecule has 1 fully saturated rings. The lowest BCUT2D eigenvalue weighted by Gasteiger charge is -2.29. The highest BCUT2D eigenvalue weighted by atomic mass is 35.5. The van der Waals surface area contributed by atoms with Crippen molar-refractivity contribution in [2.45, 2.75) is 38.0 Å². The highest BCUT2D eigenvalue weighted by Gasteiger charge is 2.38. The van der Waals surface area contributed by atoms with Crippen molar-refractivity contribution >= 4 is 24.2 Å². The van der Waals surface area contributed by atoms with Gasteiger partial charge in [0.25, 0.3) is 5.91 Å². The maximum absolute atomic E-state index is 12.6. The fraction of sp³-hybridized carbons (Fsp3) is 0.643. The molecule has 0 bridgehead atoms. The van der Waals surface area contributed by atoms with Crippen molar-refractivity contribution in [1.29, 1.82) is 0 Å². The Kier molecular flexibility index (Phi) is 4.98.